The highest BCUT2D eigenvalue weighted by Crippen LogP contribution is 2.26. The lowest BCUT2D eigenvalue weighted by Gasteiger charge is -2.17. The van der Waals surface area contributed by atoms with Gasteiger partial charge in [0.2, 0.25) is 0 Å². The second-order valence-corrected chi connectivity index (χ2v) is 6.68. The zero-order valence-electron chi connectivity index (χ0n) is 15.2. The number of nitrogens with one attached hydrogen (secondary N) is 1. The number of carbonyl (C=O) groups is 1. The molecule has 6 nitrogen and oxygen atoms in total. The first kappa shape index (κ1) is 18.9. The van der Waals surface area contributed by atoms with Gasteiger partial charge in [-0.05, 0) is 42.7 Å². The number of aromatic nitrogens is 3. The van der Waals surface area contributed by atoms with Crippen LogP contribution in [0.15, 0.2) is 55.1 Å². The third kappa shape index (κ3) is 5.08. The Morgan fingerprint density at radius 2 is 2.04 bits per heavy atom. The van der Waals surface area contributed by atoms with E-state index in [4.69, 9.17) is 16.3 Å². The average molecular weight is 385 g/mol. The number of benzene rings is 2. The molecule has 0 spiro atoms. The highest BCUT2D eigenvalue weighted by atomic mass is 35.5. The van der Waals surface area contributed by atoms with Gasteiger partial charge in [-0.3, -0.25) is 4.79 Å². The first-order valence-electron chi connectivity index (χ1n) is 8.62. The first-order valence-corrected chi connectivity index (χ1v) is 9.00. The summed E-state index contributed by atoms with van der Waals surface area (Å²) in [5, 5.41) is 7.53. The van der Waals surface area contributed by atoms with Crippen LogP contribution in [-0.4, -0.2) is 26.8 Å². The molecule has 0 saturated heterocycles. The fourth-order valence-electron chi connectivity index (χ4n) is 2.64. The van der Waals surface area contributed by atoms with Gasteiger partial charge in [0.05, 0.1) is 11.6 Å². The zero-order chi connectivity index (χ0) is 19.2. The second-order valence-electron chi connectivity index (χ2n) is 6.27. The van der Waals surface area contributed by atoms with Crippen molar-refractivity contribution in [2.24, 2.45) is 0 Å². The van der Waals surface area contributed by atoms with Crippen molar-refractivity contribution in [2.45, 2.75) is 33.0 Å². The molecule has 0 saturated carbocycles. The molecule has 140 valence electrons. The summed E-state index contributed by atoms with van der Waals surface area (Å²) in [7, 11) is 0. The number of nitrogens with zero attached hydrogens (tertiary/aromatic N) is 3. The largest absolute Gasteiger partial charge is 0.479 e. The number of ether oxygens (including phenoxy) is 1. The van der Waals surface area contributed by atoms with E-state index in [-0.39, 0.29) is 5.91 Å². The fraction of sp³-hybridized carbons (Fsp3) is 0.250. The summed E-state index contributed by atoms with van der Waals surface area (Å²) in [6.45, 7) is 4.64. The van der Waals surface area contributed by atoms with Crippen molar-refractivity contribution in [3.05, 3.63) is 76.8 Å². The fourth-order valence-corrected chi connectivity index (χ4v) is 2.81. The molecule has 0 aliphatic rings. The third-order valence-corrected chi connectivity index (χ3v) is 4.44. The minimum absolute atomic E-state index is 0.205. The van der Waals surface area contributed by atoms with Gasteiger partial charge in [-0.2, -0.15) is 5.10 Å². The lowest BCUT2D eigenvalue weighted by Crippen LogP contribution is -2.36. The van der Waals surface area contributed by atoms with Crippen LogP contribution in [0.3, 0.4) is 0 Å². The number of carbonyl (C=O) groups excluding carboxylic acids is 1. The number of hydrogen-bond donors (Lipinski definition) is 1. The zero-order valence-corrected chi connectivity index (χ0v) is 16.0. The van der Waals surface area contributed by atoms with Crippen LogP contribution >= 0.6 is 11.6 Å². The van der Waals surface area contributed by atoms with Crippen molar-refractivity contribution in [1.29, 1.82) is 0 Å². The molecule has 0 radical (unpaired) electrons. The van der Waals surface area contributed by atoms with Gasteiger partial charge in [-0.1, -0.05) is 41.9 Å². The van der Waals surface area contributed by atoms with Gasteiger partial charge in [-0.25, -0.2) is 9.67 Å². The van der Waals surface area contributed by atoms with Crippen LogP contribution in [-0.2, 0) is 17.9 Å². The van der Waals surface area contributed by atoms with Crippen LogP contribution in [0, 0.1) is 6.92 Å². The number of amides is 1. The van der Waals surface area contributed by atoms with Gasteiger partial charge in [0.1, 0.15) is 18.4 Å². The van der Waals surface area contributed by atoms with Gasteiger partial charge in [0, 0.05) is 6.54 Å². The maximum Gasteiger partial charge on any atom is 0.261 e. The van der Waals surface area contributed by atoms with Crippen LogP contribution < -0.4 is 10.1 Å². The summed E-state index contributed by atoms with van der Waals surface area (Å²) >= 11 is 6.14. The van der Waals surface area contributed by atoms with E-state index in [1.54, 1.807) is 24.0 Å². The van der Waals surface area contributed by atoms with Crippen molar-refractivity contribution in [3.8, 4) is 5.75 Å². The predicted molar refractivity (Wildman–Crippen MR) is 104 cm³/mol. The molecule has 0 aliphatic carbocycles. The quantitative estimate of drug-likeness (QED) is 0.678. The van der Waals surface area contributed by atoms with E-state index >= 15 is 0 Å². The maximum atomic E-state index is 12.4. The van der Waals surface area contributed by atoms with Crippen LogP contribution in [0.4, 0.5) is 0 Å². The Hall–Kier alpha value is -2.86. The van der Waals surface area contributed by atoms with Crippen molar-refractivity contribution in [2.75, 3.05) is 0 Å². The number of halogens is 1. The van der Waals surface area contributed by atoms with Crippen LogP contribution in [0.2, 0.25) is 5.02 Å². The van der Waals surface area contributed by atoms with Crippen LogP contribution in [0.5, 0.6) is 5.75 Å². The topological polar surface area (TPSA) is 69.0 Å². The minimum atomic E-state index is -0.660. The molecule has 0 unspecified atom stereocenters. The third-order valence-electron chi connectivity index (χ3n) is 4.13. The SMILES string of the molecule is Cc1ccc(Cl)c(O[C@H](C)C(=O)NCc2ccccc2Cn2cncn2)c1. The van der Waals surface area contributed by atoms with Crippen molar-refractivity contribution in [1.82, 2.24) is 20.1 Å². The normalized spacial score (nSPS) is 11.8. The monoisotopic (exact) mass is 384 g/mol. The van der Waals surface area contributed by atoms with E-state index in [9.17, 15) is 4.79 Å². The van der Waals surface area contributed by atoms with Gasteiger partial charge in [-0.15, -0.1) is 0 Å². The summed E-state index contributed by atoms with van der Waals surface area (Å²) in [5.41, 5.74) is 3.10. The van der Waals surface area contributed by atoms with E-state index < -0.39 is 6.10 Å². The smallest absolute Gasteiger partial charge is 0.261 e. The molecule has 7 heteroatoms. The Kier molecular flexibility index (Phi) is 6.08. The van der Waals surface area contributed by atoms with E-state index in [1.165, 1.54) is 6.33 Å². The first-order chi connectivity index (χ1) is 13.0. The van der Waals surface area contributed by atoms with Crippen molar-refractivity contribution < 1.29 is 9.53 Å². The van der Waals surface area contributed by atoms with Gasteiger partial charge in [0.15, 0.2) is 6.10 Å². The lowest BCUT2D eigenvalue weighted by molar-refractivity contribution is -0.127. The van der Waals surface area contributed by atoms with Gasteiger partial charge in [0.25, 0.3) is 5.91 Å². The number of rotatable bonds is 7. The minimum Gasteiger partial charge on any atom is -0.479 e. The Balaban J connectivity index is 1.61. The summed E-state index contributed by atoms with van der Waals surface area (Å²) in [6.07, 6.45) is 2.50. The molecule has 1 amide bonds. The molecule has 1 N–H and O–H groups in total. The Morgan fingerprint density at radius 1 is 1.26 bits per heavy atom. The molecule has 0 bridgehead atoms. The molecule has 0 aliphatic heterocycles. The van der Waals surface area contributed by atoms with E-state index in [1.807, 2.05) is 43.3 Å². The molecule has 1 heterocycles. The van der Waals surface area contributed by atoms with E-state index in [2.05, 4.69) is 15.4 Å². The molecule has 1 aromatic heterocycles. The molecule has 2 aromatic carbocycles. The van der Waals surface area contributed by atoms with Crippen molar-refractivity contribution in [3.63, 3.8) is 0 Å². The molecule has 1 atom stereocenters. The molecule has 27 heavy (non-hydrogen) atoms. The van der Waals surface area contributed by atoms with E-state index in [0.29, 0.717) is 23.9 Å². The highest BCUT2D eigenvalue weighted by molar-refractivity contribution is 6.32. The molecule has 0 fully saturated rings. The number of aryl methyl sites for hydroxylation is 1. The van der Waals surface area contributed by atoms with E-state index in [0.717, 1.165) is 16.7 Å². The van der Waals surface area contributed by atoms with Crippen LogP contribution in [0.1, 0.15) is 23.6 Å². The summed E-state index contributed by atoms with van der Waals surface area (Å²) in [4.78, 5) is 16.4. The summed E-state index contributed by atoms with van der Waals surface area (Å²) in [6, 6.07) is 13.4. The lowest BCUT2D eigenvalue weighted by atomic mass is 10.1. The molecule has 3 rings (SSSR count). The Bertz CT molecular complexity index is 912. The Labute approximate surface area is 163 Å². The molecular formula is C20H21ClN4O2. The van der Waals surface area contributed by atoms with Gasteiger partial charge < -0.3 is 10.1 Å². The summed E-state index contributed by atoms with van der Waals surface area (Å²) < 4.78 is 7.47. The summed E-state index contributed by atoms with van der Waals surface area (Å²) in [5.74, 6) is 0.300. The van der Waals surface area contributed by atoms with Crippen molar-refractivity contribution >= 4 is 17.5 Å². The highest BCUT2D eigenvalue weighted by Gasteiger charge is 2.16. The standard InChI is InChI=1S/C20H21ClN4O2/c1-14-7-8-18(21)19(9-14)27-15(2)20(26)23-10-16-5-3-4-6-17(16)11-25-13-22-12-24-25/h3-9,12-13,15H,10-11H2,1-2H3,(H,23,26)/t15-/m1/s1. The molecular weight excluding hydrogens is 364 g/mol. The number of hydrogen-bond acceptors (Lipinski definition) is 4. The second kappa shape index (κ2) is 8.68. The maximum absolute atomic E-state index is 12.4. The average Bonchev–Trinajstić information content (AvgIpc) is 3.16. The van der Waals surface area contributed by atoms with Crippen LogP contribution in [0.25, 0.3) is 0 Å². The molecule has 3 aromatic rings. The van der Waals surface area contributed by atoms with Gasteiger partial charge >= 0.3 is 0 Å². The predicted octanol–water partition coefficient (Wildman–Crippen LogP) is 3.37. The Morgan fingerprint density at radius 3 is 2.78 bits per heavy atom.